The van der Waals surface area contributed by atoms with Crippen molar-refractivity contribution in [2.45, 2.75) is 12.8 Å². The van der Waals surface area contributed by atoms with Gasteiger partial charge < -0.3 is 15.0 Å². The predicted molar refractivity (Wildman–Crippen MR) is 114 cm³/mol. The molecule has 0 atom stereocenters. The second kappa shape index (κ2) is 8.87. The van der Waals surface area contributed by atoms with Crippen LogP contribution in [0, 0.1) is 0 Å². The molecule has 0 spiro atoms. The van der Waals surface area contributed by atoms with Gasteiger partial charge in [0.1, 0.15) is 5.75 Å². The molecule has 142 valence electrons. The molecule has 1 aliphatic heterocycles. The summed E-state index contributed by atoms with van der Waals surface area (Å²) in [6.45, 7) is 1.86. The average molecular weight is 426 g/mol. The molecule has 0 unspecified atom stereocenters. The lowest BCUT2D eigenvalue weighted by molar-refractivity contribution is -0.111. The molecule has 4 nitrogen and oxygen atoms in total. The van der Waals surface area contributed by atoms with Crippen molar-refractivity contribution < 1.29 is 9.53 Å². The highest BCUT2D eigenvalue weighted by Gasteiger charge is 2.19. The van der Waals surface area contributed by atoms with Crippen molar-refractivity contribution in [3.05, 3.63) is 57.0 Å². The van der Waals surface area contributed by atoms with Crippen molar-refractivity contribution in [2.24, 2.45) is 0 Å². The number of benzene rings is 2. The Kier molecular flexibility index (Phi) is 6.53. The van der Waals surface area contributed by atoms with Crippen molar-refractivity contribution in [1.29, 1.82) is 0 Å². The topological polar surface area (TPSA) is 41.6 Å². The van der Waals surface area contributed by atoms with Gasteiger partial charge in [-0.3, -0.25) is 4.79 Å². The van der Waals surface area contributed by atoms with Crippen LogP contribution in [0.25, 0.3) is 6.08 Å². The number of nitrogens with zero attached hydrogens (tertiary/aromatic N) is 1. The fourth-order valence-electron chi connectivity index (χ4n) is 3.14. The number of carbonyl (C=O) groups excluding carboxylic acids is 1. The third kappa shape index (κ3) is 4.70. The minimum Gasteiger partial charge on any atom is -0.495 e. The highest BCUT2D eigenvalue weighted by atomic mass is 35.5. The summed E-state index contributed by atoms with van der Waals surface area (Å²) in [4.78, 5) is 14.7. The van der Waals surface area contributed by atoms with Gasteiger partial charge in [-0.15, -0.1) is 0 Å². The molecule has 3 rings (SSSR count). The van der Waals surface area contributed by atoms with E-state index in [0.29, 0.717) is 32.1 Å². The fraction of sp³-hybridized carbons (Fsp3) is 0.250. The van der Waals surface area contributed by atoms with E-state index in [4.69, 9.17) is 39.5 Å². The Hall–Kier alpha value is -1.88. The zero-order valence-corrected chi connectivity index (χ0v) is 17.0. The maximum Gasteiger partial charge on any atom is 0.248 e. The van der Waals surface area contributed by atoms with Crippen molar-refractivity contribution in [1.82, 2.24) is 0 Å². The molecule has 2 aromatic rings. The molecule has 0 radical (unpaired) electrons. The molecule has 1 amide bonds. The monoisotopic (exact) mass is 424 g/mol. The summed E-state index contributed by atoms with van der Waals surface area (Å²) in [5.41, 5.74) is 2.17. The van der Waals surface area contributed by atoms with Gasteiger partial charge in [0.25, 0.3) is 0 Å². The van der Waals surface area contributed by atoms with Crippen molar-refractivity contribution in [2.75, 3.05) is 30.4 Å². The van der Waals surface area contributed by atoms with Gasteiger partial charge in [-0.05, 0) is 43.2 Å². The third-order valence-corrected chi connectivity index (χ3v) is 5.13. The molecule has 1 heterocycles. The summed E-state index contributed by atoms with van der Waals surface area (Å²) in [6.07, 6.45) is 5.27. The normalized spacial score (nSPS) is 14.0. The number of ether oxygens (including phenoxy) is 1. The van der Waals surface area contributed by atoms with E-state index in [1.807, 2.05) is 18.2 Å². The zero-order chi connectivity index (χ0) is 19.4. The Morgan fingerprint density at radius 1 is 1.15 bits per heavy atom. The fourth-order valence-corrected chi connectivity index (χ4v) is 4.02. The average Bonchev–Trinajstić information content (AvgIpc) is 3.14. The molecule has 1 N–H and O–H groups in total. The molecular weight excluding hydrogens is 407 g/mol. The van der Waals surface area contributed by atoms with Gasteiger partial charge in [0, 0.05) is 29.8 Å². The molecule has 2 aromatic carbocycles. The number of nitrogens with one attached hydrogen (secondary N) is 1. The van der Waals surface area contributed by atoms with Crippen LogP contribution in [-0.4, -0.2) is 26.1 Å². The first-order valence-corrected chi connectivity index (χ1v) is 9.68. The van der Waals surface area contributed by atoms with Gasteiger partial charge in [-0.2, -0.15) is 0 Å². The molecular formula is C20H19Cl3N2O2. The number of hydrogen-bond acceptors (Lipinski definition) is 3. The first-order chi connectivity index (χ1) is 13.0. The van der Waals surface area contributed by atoms with Crippen LogP contribution in [0.1, 0.15) is 18.4 Å². The lowest BCUT2D eigenvalue weighted by Crippen LogP contribution is -2.21. The lowest BCUT2D eigenvalue weighted by atomic mass is 10.2. The molecule has 1 fully saturated rings. The summed E-state index contributed by atoms with van der Waals surface area (Å²) in [5.74, 6) is 0.182. The lowest BCUT2D eigenvalue weighted by Gasteiger charge is -2.22. The van der Waals surface area contributed by atoms with Crippen LogP contribution in [0.15, 0.2) is 36.4 Å². The molecule has 7 heteroatoms. The van der Waals surface area contributed by atoms with Gasteiger partial charge in [-0.25, -0.2) is 0 Å². The standard InChI is InChI=1S/C20H19Cl3N2O2/c1-27-20-13(11-14(21)12-16(20)23)7-8-18(26)24-17-6-4-5-15(22)19(17)25-9-2-3-10-25/h4-8,11-12H,2-3,9-10H2,1H3,(H,24,26)/b8-7+. The second-order valence-corrected chi connectivity index (χ2v) is 7.41. The van der Waals surface area contributed by atoms with Crippen LogP contribution in [0.5, 0.6) is 5.75 Å². The number of hydrogen-bond donors (Lipinski definition) is 1. The Morgan fingerprint density at radius 3 is 2.59 bits per heavy atom. The first-order valence-electron chi connectivity index (χ1n) is 8.55. The number of para-hydroxylation sites is 1. The maximum atomic E-state index is 12.5. The molecule has 0 aromatic heterocycles. The van der Waals surface area contributed by atoms with Crippen LogP contribution in [0.2, 0.25) is 15.1 Å². The Bertz CT molecular complexity index is 878. The third-order valence-electron chi connectivity index (χ3n) is 4.32. The number of carbonyl (C=O) groups is 1. The zero-order valence-electron chi connectivity index (χ0n) is 14.8. The van der Waals surface area contributed by atoms with Crippen molar-refractivity contribution in [3.63, 3.8) is 0 Å². The summed E-state index contributed by atoms with van der Waals surface area (Å²) in [7, 11) is 1.51. The molecule has 0 aliphatic carbocycles. The van der Waals surface area contributed by atoms with E-state index in [1.54, 1.807) is 18.2 Å². The van der Waals surface area contributed by atoms with E-state index in [0.717, 1.165) is 31.6 Å². The van der Waals surface area contributed by atoms with Crippen molar-refractivity contribution >= 4 is 58.2 Å². The van der Waals surface area contributed by atoms with E-state index < -0.39 is 0 Å². The molecule has 1 aliphatic rings. The minimum atomic E-state index is -0.282. The van der Waals surface area contributed by atoms with E-state index in [9.17, 15) is 4.79 Å². The van der Waals surface area contributed by atoms with E-state index >= 15 is 0 Å². The molecule has 0 bridgehead atoms. The van der Waals surface area contributed by atoms with Gasteiger partial charge in [0.15, 0.2) is 0 Å². The number of anilines is 2. The summed E-state index contributed by atoms with van der Waals surface area (Å²) in [5, 5.41) is 4.38. The summed E-state index contributed by atoms with van der Waals surface area (Å²) >= 11 is 18.6. The van der Waals surface area contributed by atoms with Crippen LogP contribution in [0.3, 0.4) is 0 Å². The van der Waals surface area contributed by atoms with Gasteiger partial charge in [0.2, 0.25) is 5.91 Å². The minimum absolute atomic E-state index is 0.282. The van der Waals surface area contributed by atoms with E-state index in [-0.39, 0.29) is 5.91 Å². The quantitative estimate of drug-likeness (QED) is 0.606. The van der Waals surface area contributed by atoms with Gasteiger partial charge in [-0.1, -0.05) is 40.9 Å². The van der Waals surface area contributed by atoms with Gasteiger partial charge in [0.05, 0.1) is 28.5 Å². The molecule has 27 heavy (non-hydrogen) atoms. The number of methoxy groups -OCH3 is 1. The smallest absolute Gasteiger partial charge is 0.248 e. The van der Waals surface area contributed by atoms with Crippen LogP contribution in [-0.2, 0) is 4.79 Å². The number of amides is 1. The van der Waals surface area contributed by atoms with Crippen LogP contribution in [0.4, 0.5) is 11.4 Å². The van der Waals surface area contributed by atoms with Crippen LogP contribution < -0.4 is 15.0 Å². The second-order valence-electron chi connectivity index (χ2n) is 6.16. The number of halogens is 3. The Labute approximate surface area is 173 Å². The SMILES string of the molecule is COc1c(Cl)cc(Cl)cc1/C=C/C(=O)Nc1cccc(Cl)c1N1CCCC1. The van der Waals surface area contributed by atoms with Crippen molar-refractivity contribution in [3.8, 4) is 5.75 Å². The van der Waals surface area contributed by atoms with E-state index in [2.05, 4.69) is 10.2 Å². The summed E-state index contributed by atoms with van der Waals surface area (Å²) < 4.78 is 5.29. The predicted octanol–water partition coefficient (Wildman–Crippen LogP) is 5.91. The maximum absolute atomic E-state index is 12.5. The van der Waals surface area contributed by atoms with E-state index in [1.165, 1.54) is 13.2 Å². The Balaban J connectivity index is 1.81. The van der Waals surface area contributed by atoms with Crippen LogP contribution >= 0.6 is 34.8 Å². The van der Waals surface area contributed by atoms with Gasteiger partial charge >= 0.3 is 0 Å². The summed E-state index contributed by atoms with van der Waals surface area (Å²) in [6, 6.07) is 8.78. The molecule has 1 saturated heterocycles. The largest absolute Gasteiger partial charge is 0.495 e. The highest BCUT2D eigenvalue weighted by Crippen LogP contribution is 2.36. The molecule has 0 saturated carbocycles. The highest BCUT2D eigenvalue weighted by molar-refractivity contribution is 6.36. The Morgan fingerprint density at radius 2 is 1.89 bits per heavy atom. The number of rotatable bonds is 5. The first kappa shape index (κ1) is 19.9.